The predicted molar refractivity (Wildman–Crippen MR) is 77.5 cm³/mol. The molecule has 0 spiro atoms. The molecule has 0 aromatic heterocycles. The van der Waals surface area contributed by atoms with Crippen molar-refractivity contribution in [2.24, 2.45) is 0 Å². The Morgan fingerprint density at radius 1 is 1.16 bits per heavy atom. The molecule has 100 valence electrons. The topological polar surface area (TPSA) is 12.0 Å². The predicted octanol–water partition coefficient (Wildman–Crippen LogP) is 5.55. The fraction of sp³-hybridized carbons (Fsp3) is 0.143. The number of anilines is 1. The second-order valence-corrected chi connectivity index (χ2v) is 5.48. The Labute approximate surface area is 123 Å². The zero-order valence-electron chi connectivity index (χ0n) is 10.1. The molecule has 0 bridgehead atoms. The van der Waals surface area contributed by atoms with Crippen LogP contribution in [0.15, 0.2) is 40.9 Å². The molecule has 2 aromatic rings. The van der Waals surface area contributed by atoms with E-state index in [2.05, 4.69) is 21.2 Å². The molecule has 0 saturated heterocycles. The third-order valence-corrected chi connectivity index (χ3v) is 3.55. The van der Waals surface area contributed by atoms with Gasteiger partial charge in [0.2, 0.25) is 0 Å². The fourth-order valence-corrected chi connectivity index (χ4v) is 2.32. The van der Waals surface area contributed by atoms with Gasteiger partial charge in [0.1, 0.15) is 11.6 Å². The Bertz CT molecular complexity index is 604. The van der Waals surface area contributed by atoms with Gasteiger partial charge in [-0.2, -0.15) is 0 Å². The van der Waals surface area contributed by atoms with Crippen molar-refractivity contribution in [3.63, 3.8) is 0 Å². The first kappa shape index (κ1) is 14.3. The molecule has 19 heavy (non-hydrogen) atoms. The summed E-state index contributed by atoms with van der Waals surface area (Å²) in [6.45, 7) is 1.78. The Morgan fingerprint density at radius 3 is 2.63 bits per heavy atom. The molecule has 0 radical (unpaired) electrons. The number of hydrogen-bond donors (Lipinski definition) is 1. The van der Waals surface area contributed by atoms with Crippen molar-refractivity contribution < 1.29 is 8.78 Å². The van der Waals surface area contributed by atoms with E-state index < -0.39 is 5.82 Å². The van der Waals surface area contributed by atoms with Crippen LogP contribution in [0.5, 0.6) is 0 Å². The molecule has 0 saturated carbocycles. The van der Waals surface area contributed by atoms with E-state index in [-0.39, 0.29) is 11.9 Å². The molecule has 2 aromatic carbocycles. The first-order chi connectivity index (χ1) is 8.97. The van der Waals surface area contributed by atoms with Gasteiger partial charge in [-0.3, -0.25) is 0 Å². The van der Waals surface area contributed by atoms with Crippen LogP contribution in [-0.2, 0) is 0 Å². The molecule has 0 heterocycles. The minimum absolute atomic E-state index is 0.323. The third-order valence-electron chi connectivity index (χ3n) is 2.72. The van der Waals surface area contributed by atoms with Gasteiger partial charge in [0.25, 0.3) is 0 Å². The van der Waals surface area contributed by atoms with Gasteiger partial charge in [-0.1, -0.05) is 27.5 Å². The average molecular weight is 347 g/mol. The third kappa shape index (κ3) is 3.45. The maximum atomic E-state index is 13.7. The number of benzene rings is 2. The van der Waals surface area contributed by atoms with Crippen LogP contribution >= 0.6 is 27.5 Å². The largest absolute Gasteiger partial charge is 0.377 e. The Hall–Kier alpha value is -1.13. The maximum absolute atomic E-state index is 13.7. The zero-order valence-corrected chi connectivity index (χ0v) is 12.4. The quantitative estimate of drug-likeness (QED) is 0.768. The highest BCUT2D eigenvalue weighted by Crippen LogP contribution is 2.29. The van der Waals surface area contributed by atoms with Gasteiger partial charge >= 0.3 is 0 Å². The number of rotatable bonds is 3. The van der Waals surface area contributed by atoms with Crippen molar-refractivity contribution in [1.29, 1.82) is 0 Å². The smallest absolute Gasteiger partial charge is 0.128 e. The van der Waals surface area contributed by atoms with Crippen LogP contribution < -0.4 is 5.32 Å². The van der Waals surface area contributed by atoms with Gasteiger partial charge < -0.3 is 5.32 Å². The van der Waals surface area contributed by atoms with E-state index in [1.807, 2.05) is 0 Å². The van der Waals surface area contributed by atoms with Crippen LogP contribution in [0.3, 0.4) is 0 Å². The molecule has 0 amide bonds. The van der Waals surface area contributed by atoms with E-state index in [1.54, 1.807) is 19.1 Å². The number of hydrogen-bond acceptors (Lipinski definition) is 1. The molecule has 2 rings (SSSR count). The lowest BCUT2D eigenvalue weighted by atomic mass is 10.1. The van der Waals surface area contributed by atoms with Gasteiger partial charge in [-0.05, 0) is 43.3 Å². The molecule has 1 nitrogen and oxygen atoms in total. The van der Waals surface area contributed by atoms with Crippen LogP contribution in [0, 0.1) is 11.6 Å². The summed E-state index contributed by atoms with van der Waals surface area (Å²) in [6.07, 6.45) is 0. The van der Waals surface area contributed by atoms with Crippen molar-refractivity contribution in [2.45, 2.75) is 13.0 Å². The average Bonchev–Trinajstić information content (AvgIpc) is 2.36. The van der Waals surface area contributed by atoms with Crippen molar-refractivity contribution in [3.8, 4) is 0 Å². The summed E-state index contributed by atoms with van der Waals surface area (Å²) < 4.78 is 27.7. The summed E-state index contributed by atoms with van der Waals surface area (Å²) in [5.41, 5.74) is 0.920. The SMILES string of the molecule is CC(Nc1cc(F)ccc1Cl)c1cc(Br)ccc1F. The van der Waals surface area contributed by atoms with Crippen molar-refractivity contribution in [2.75, 3.05) is 5.32 Å². The van der Waals surface area contributed by atoms with E-state index in [0.29, 0.717) is 16.3 Å². The van der Waals surface area contributed by atoms with E-state index in [9.17, 15) is 8.78 Å². The lowest BCUT2D eigenvalue weighted by Gasteiger charge is -2.17. The molecule has 0 aliphatic heterocycles. The molecule has 1 atom stereocenters. The van der Waals surface area contributed by atoms with E-state index >= 15 is 0 Å². The highest BCUT2D eigenvalue weighted by molar-refractivity contribution is 9.10. The molecule has 5 heteroatoms. The van der Waals surface area contributed by atoms with E-state index in [4.69, 9.17) is 11.6 Å². The van der Waals surface area contributed by atoms with E-state index in [1.165, 1.54) is 24.3 Å². The van der Waals surface area contributed by atoms with Crippen LogP contribution in [0.2, 0.25) is 5.02 Å². The summed E-state index contributed by atoms with van der Waals surface area (Å²) in [6, 6.07) is 8.37. The van der Waals surface area contributed by atoms with Crippen molar-refractivity contribution >= 4 is 33.2 Å². The van der Waals surface area contributed by atoms with Crippen LogP contribution in [0.1, 0.15) is 18.5 Å². The zero-order chi connectivity index (χ0) is 14.0. The Morgan fingerprint density at radius 2 is 1.89 bits per heavy atom. The maximum Gasteiger partial charge on any atom is 0.128 e. The minimum atomic E-state index is -0.395. The number of nitrogens with one attached hydrogen (secondary N) is 1. The van der Waals surface area contributed by atoms with Crippen LogP contribution in [0.4, 0.5) is 14.5 Å². The summed E-state index contributed by atoms with van der Waals surface area (Å²) in [7, 11) is 0. The monoisotopic (exact) mass is 345 g/mol. The standard InChI is InChI=1S/C14H11BrClF2N/c1-8(11-6-9(15)2-5-13(11)18)19-14-7-10(17)3-4-12(14)16/h2-8,19H,1H3. The molecular weight excluding hydrogens is 336 g/mol. The van der Waals surface area contributed by atoms with Gasteiger partial charge in [-0.15, -0.1) is 0 Å². The summed E-state index contributed by atoms with van der Waals surface area (Å²) in [5.74, 6) is -0.718. The Balaban J connectivity index is 2.27. The molecular formula is C14H11BrClF2N. The normalized spacial score (nSPS) is 12.3. The molecule has 1 unspecified atom stereocenters. The minimum Gasteiger partial charge on any atom is -0.377 e. The number of halogens is 4. The van der Waals surface area contributed by atoms with Gasteiger partial charge in [0.05, 0.1) is 16.8 Å². The lowest BCUT2D eigenvalue weighted by molar-refractivity contribution is 0.599. The highest BCUT2D eigenvalue weighted by Gasteiger charge is 2.13. The second-order valence-electron chi connectivity index (χ2n) is 4.16. The second kappa shape index (κ2) is 5.88. The molecule has 0 aliphatic rings. The van der Waals surface area contributed by atoms with Crippen LogP contribution in [-0.4, -0.2) is 0 Å². The lowest BCUT2D eigenvalue weighted by Crippen LogP contribution is -2.09. The molecule has 1 N–H and O–H groups in total. The first-order valence-corrected chi connectivity index (χ1v) is 6.81. The Kier molecular flexibility index (Phi) is 4.42. The summed E-state index contributed by atoms with van der Waals surface area (Å²) >= 11 is 9.26. The van der Waals surface area contributed by atoms with Crippen LogP contribution in [0.25, 0.3) is 0 Å². The highest BCUT2D eigenvalue weighted by atomic mass is 79.9. The summed E-state index contributed by atoms with van der Waals surface area (Å²) in [5, 5.41) is 3.39. The van der Waals surface area contributed by atoms with Gasteiger partial charge in [-0.25, -0.2) is 8.78 Å². The molecule has 0 aliphatic carbocycles. The van der Waals surface area contributed by atoms with Gasteiger partial charge in [0.15, 0.2) is 0 Å². The van der Waals surface area contributed by atoms with Crippen molar-refractivity contribution in [3.05, 3.63) is 63.1 Å². The first-order valence-electron chi connectivity index (χ1n) is 5.64. The van der Waals surface area contributed by atoms with E-state index in [0.717, 1.165) is 4.47 Å². The fourth-order valence-electron chi connectivity index (χ4n) is 1.77. The summed E-state index contributed by atoms with van der Waals surface area (Å²) in [4.78, 5) is 0. The molecule has 0 fully saturated rings. The van der Waals surface area contributed by atoms with Gasteiger partial charge in [0, 0.05) is 10.0 Å². The van der Waals surface area contributed by atoms with Crippen molar-refractivity contribution in [1.82, 2.24) is 0 Å².